The number of nitrogens with one attached hydrogen (secondary N) is 1. The van der Waals surface area contributed by atoms with Gasteiger partial charge >= 0.3 is 0 Å². The summed E-state index contributed by atoms with van der Waals surface area (Å²) in [6.07, 6.45) is 5.64. The summed E-state index contributed by atoms with van der Waals surface area (Å²) in [6.45, 7) is 7.64. The predicted molar refractivity (Wildman–Crippen MR) is 104 cm³/mol. The molecule has 1 atom stereocenters. The molecule has 5 rings (SSSR count). The number of hydrogen-bond donors (Lipinski definition) is 2. The van der Waals surface area contributed by atoms with Gasteiger partial charge in [0.25, 0.3) is 5.91 Å². The van der Waals surface area contributed by atoms with Crippen molar-refractivity contribution < 1.29 is 31.0 Å². The number of carbonyl (C=O) groups is 1. The Morgan fingerprint density at radius 3 is 2.85 bits per heavy atom. The molecule has 0 aromatic heterocycles. The van der Waals surface area contributed by atoms with Crippen molar-refractivity contribution in [2.45, 2.75) is 45.1 Å². The van der Waals surface area contributed by atoms with E-state index in [1.807, 2.05) is 0 Å². The molecule has 2 bridgehead atoms. The Balaban J connectivity index is 0.00000210. The molecule has 1 aromatic carbocycles. The maximum Gasteiger partial charge on any atom is 0.255 e. The third kappa shape index (κ3) is 3.81. The number of nitrogens with two attached hydrogens (primary N) is 1. The first-order valence-electron chi connectivity index (χ1n) is 9.92. The molecule has 0 spiro atoms. The Morgan fingerprint density at radius 2 is 2.15 bits per heavy atom. The van der Waals surface area contributed by atoms with E-state index in [9.17, 15) is 4.79 Å². The molecule has 3 fully saturated rings. The van der Waals surface area contributed by atoms with Crippen LogP contribution in [-0.4, -0.2) is 49.2 Å². The molecular formula is C20H29BrClN3O2. The van der Waals surface area contributed by atoms with Gasteiger partial charge in [-0.1, -0.05) is 24.9 Å². The van der Waals surface area contributed by atoms with Crippen molar-refractivity contribution >= 4 is 23.2 Å². The van der Waals surface area contributed by atoms with Gasteiger partial charge < -0.3 is 37.3 Å². The molecule has 5 nitrogen and oxygen atoms in total. The first-order chi connectivity index (χ1) is 12.5. The van der Waals surface area contributed by atoms with E-state index in [-0.39, 0.29) is 28.9 Å². The molecule has 0 radical (unpaired) electrons. The number of unbranched alkanes of at least 4 members (excludes halogenated alkanes) is 1. The lowest BCUT2D eigenvalue weighted by molar-refractivity contribution is -0.944. The highest BCUT2D eigenvalue weighted by Gasteiger charge is 2.46. The van der Waals surface area contributed by atoms with Crippen molar-refractivity contribution in [3.05, 3.63) is 22.2 Å². The maximum absolute atomic E-state index is 13.0. The molecule has 7 heteroatoms. The smallest absolute Gasteiger partial charge is 0.255 e. The normalized spacial score (nSPS) is 28.2. The van der Waals surface area contributed by atoms with Crippen LogP contribution in [0.25, 0.3) is 0 Å². The monoisotopic (exact) mass is 457 g/mol. The zero-order chi connectivity index (χ0) is 18.3. The molecule has 1 amide bonds. The SMILES string of the molecule is CCCC[N+]12CCC(CC1)[C@H](NC(=O)c1cc(Cl)c(N)c3c1OCC3)C2.[Br-]. The highest BCUT2D eigenvalue weighted by atomic mass is 79.9. The average molecular weight is 459 g/mol. The number of nitrogen functional groups attached to an aromatic ring is 1. The molecule has 4 heterocycles. The number of fused-ring (bicyclic) bond motifs is 4. The second kappa shape index (κ2) is 8.18. The van der Waals surface area contributed by atoms with Gasteiger partial charge in [0.15, 0.2) is 0 Å². The van der Waals surface area contributed by atoms with Crippen LogP contribution in [-0.2, 0) is 6.42 Å². The number of anilines is 1. The van der Waals surface area contributed by atoms with Crippen molar-refractivity contribution in [2.75, 3.05) is 38.5 Å². The minimum absolute atomic E-state index is 0. The van der Waals surface area contributed by atoms with Crippen LogP contribution in [0.1, 0.15) is 48.5 Å². The Labute approximate surface area is 176 Å². The van der Waals surface area contributed by atoms with E-state index in [1.165, 1.54) is 49.8 Å². The number of rotatable bonds is 5. The van der Waals surface area contributed by atoms with E-state index in [0.29, 0.717) is 41.0 Å². The first-order valence-corrected chi connectivity index (χ1v) is 10.3. The third-order valence-corrected chi connectivity index (χ3v) is 6.93. The molecule has 4 aliphatic rings. The highest BCUT2D eigenvalue weighted by molar-refractivity contribution is 6.33. The standard InChI is InChI=1S/C20H28ClN3O2.BrH/c1-2-3-7-24-8-4-13(5-9-24)17(12-24)23-20(25)15-11-16(21)18(22)14-6-10-26-19(14)15;/h11,13,17H,2-10,12H2,1H3,(H2-,22,23,25);1H/t13?,17-,24?;/m1./s1. The van der Waals surface area contributed by atoms with Gasteiger partial charge in [-0.05, 0) is 18.4 Å². The van der Waals surface area contributed by atoms with E-state index >= 15 is 0 Å². The van der Waals surface area contributed by atoms with Crippen LogP contribution in [0.5, 0.6) is 5.75 Å². The number of quaternary nitrogens is 1. The van der Waals surface area contributed by atoms with Crippen molar-refractivity contribution in [3.8, 4) is 5.75 Å². The summed E-state index contributed by atoms with van der Waals surface area (Å²) in [5, 5.41) is 3.75. The van der Waals surface area contributed by atoms with Crippen molar-refractivity contribution in [2.24, 2.45) is 5.92 Å². The van der Waals surface area contributed by atoms with Crippen LogP contribution < -0.4 is 32.8 Å². The van der Waals surface area contributed by atoms with Gasteiger partial charge in [0, 0.05) is 24.8 Å². The number of benzene rings is 1. The molecule has 0 unspecified atom stereocenters. The van der Waals surface area contributed by atoms with Crippen LogP contribution in [0, 0.1) is 5.92 Å². The number of piperidine rings is 3. The zero-order valence-corrected chi connectivity index (χ0v) is 18.2. The van der Waals surface area contributed by atoms with Crippen LogP contribution in [0.4, 0.5) is 5.69 Å². The van der Waals surface area contributed by atoms with E-state index < -0.39 is 0 Å². The second-order valence-electron chi connectivity index (χ2n) is 8.19. The Bertz CT molecular complexity index is 720. The Morgan fingerprint density at radius 1 is 1.41 bits per heavy atom. The van der Waals surface area contributed by atoms with Crippen LogP contribution in [0.15, 0.2) is 6.07 Å². The van der Waals surface area contributed by atoms with Crippen molar-refractivity contribution in [3.63, 3.8) is 0 Å². The summed E-state index contributed by atoms with van der Waals surface area (Å²) < 4.78 is 6.88. The van der Waals surface area contributed by atoms with Gasteiger partial charge in [-0.2, -0.15) is 0 Å². The number of nitrogens with zero attached hydrogens (tertiary/aromatic N) is 1. The fraction of sp³-hybridized carbons (Fsp3) is 0.650. The summed E-state index contributed by atoms with van der Waals surface area (Å²) in [5.74, 6) is 1.15. The molecule has 4 aliphatic heterocycles. The van der Waals surface area contributed by atoms with Crippen LogP contribution in [0.3, 0.4) is 0 Å². The lowest BCUT2D eigenvalue weighted by Gasteiger charge is -2.52. The van der Waals surface area contributed by atoms with Gasteiger partial charge in [0.2, 0.25) is 0 Å². The Kier molecular flexibility index (Phi) is 6.28. The minimum atomic E-state index is -0.0718. The number of hydrogen-bond acceptors (Lipinski definition) is 3. The zero-order valence-electron chi connectivity index (χ0n) is 15.9. The quantitative estimate of drug-likeness (QED) is 0.482. The summed E-state index contributed by atoms with van der Waals surface area (Å²) in [5.41, 5.74) is 8.01. The summed E-state index contributed by atoms with van der Waals surface area (Å²) in [6, 6.07) is 1.91. The fourth-order valence-electron chi connectivity index (χ4n) is 5.04. The Hall–Kier alpha value is -0.980. The van der Waals surface area contributed by atoms with Gasteiger partial charge in [0.05, 0.1) is 55.1 Å². The third-order valence-electron chi connectivity index (χ3n) is 6.62. The van der Waals surface area contributed by atoms with E-state index in [0.717, 1.165) is 12.1 Å². The fourth-order valence-corrected chi connectivity index (χ4v) is 5.26. The van der Waals surface area contributed by atoms with Crippen LogP contribution in [0.2, 0.25) is 5.02 Å². The molecule has 150 valence electrons. The lowest BCUT2D eigenvalue weighted by Crippen LogP contribution is -3.00. The number of ether oxygens (including phenoxy) is 1. The molecule has 3 N–H and O–H groups in total. The summed E-state index contributed by atoms with van der Waals surface area (Å²) >= 11 is 6.26. The lowest BCUT2D eigenvalue weighted by atomic mass is 9.81. The van der Waals surface area contributed by atoms with Gasteiger partial charge in [-0.15, -0.1) is 0 Å². The molecule has 1 aromatic rings. The molecule has 0 saturated carbocycles. The van der Waals surface area contributed by atoms with Gasteiger partial charge in [0.1, 0.15) is 5.75 Å². The van der Waals surface area contributed by atoms with Crippen molar-refractivity contribution in [1.29, 1.82) is 0 Å². The van der Waals surface area contributed by atoms with E-state index in [4.69, 9.17) is 22.1 Å². The van der Waals surface area contributed by atoms with E-state index in [2.05, 4.69) is 12.2 Å². The molecule has 3 saturated heterocycles. The summed E-state index contributed by atoms with van der Waals surface area (Å²) in [7, 11) is 0. The second-order valence-corrected chi connectivity index (χ2v) is 8.60. The summed E-state index contributed by atoms with van der Waals surface area (Å²) in [4.78, 5) is 13.0. The average Bonchev–Trinajstić information content (AvgIpc) is 3.14. The molecule has 0 aliphatic carbocycles. The number of amides is 1. The number of halogens is 2. The minimum Gasteiger partial charge on any atom is -1.00 e. The van der Waals surface area contributed by atoms with Gasteiger partial charge in [-0.25, -0.2) is 0 Å². The maximum atomic E-state index is 13.0. The van der Waals surface area contributed by atoms with Crippen molar-refractivity contribution in [1.82, 2.24) is 5.32 Å². The predicted octanol–water partition coefficient (Wildman–Crippen LogP) is 0.00000000000000266. The van der Waals surface area contributed by atoms with E-state index in [1.54, 1.807) is 6.07 Å². The topological polar surface area (TPSA) is 64.4 Å². The van der Waals surface area contributed by atoms with Crippen LogP contribution >= 0.6 is 11.6 Å². The number of carbonyl (C=O) groups excluding carboxylic acids is 1. The van der Waals surface area contributed by atoms with Gasteiger partial charge in [-0.3, -0.25) is 4.79 Å². The molecule has 27 heavy (non-hydrogen) atoms. The largest absolute Gasteiger partial charge is 1.00 e. The molecular weight excluding hydrogens is 430 g/mol. The first kappa shape index (κ1) is 20.7. The highest BCUT2D eigenvalue weighted by Crippen LogP contribution is 2.39.